The van der Waals surface area contributed by atoms with Gasteiger partial charge in [0, 0.05) is 6.42 Å². The van der Waals surface area contributed by atoms with Gasteiger partial charge in [0.25, 0.3) is 0 Å². The highest BCUT2D eigenvalue weighted by Gasteiger charge is 2.15. The van der Waals surface area contributed by atoms with Crippen LogP contribution in [0.1, 0.15) is 46.5 Å². The van der Waals surface area contributed by atoms with E-state index in [0.29, 0.717) is 6.04 Å². The number of hydrogen-bond donors (Lipinski definition) is 0. The van der Waals surface area contributed by atoms with E-state index in [9.17, 15) is 0 Å². The third kappa shape index (κ3) is 3.13. The van der Waals surface area contributed by atoms with Gasteiger partial charge in [-0.2, -0.15) is 4.80 Å². The molecule has 0 unspecified atom stereocenters. The molecule has 0 saturated carbocycles. The summed E-state index contributed by atoms with van der Waals surface area (Å²) in [6.07, 6.45) is 0.875. The van der Waals surface area contributed by atoms with Crippen LogP contribution >= 0.6 is 0 Å². The second kappa shape index (κ2) is 3.44. The Kier molecular flexibility index (Phi) is 2.68. The first kappa shape index (κ1) is 10.2. The average molecular weight is 182 g/mol. The zero-order valence-corrected chi connectivity index (χ0v) is 9.07. The lowest BCUT2D eigenvalue weighted by molar-refractivity contribution is 0.396. The molecule has 4 nitrogen and oxygen atoms in total. The van der Waals surface area contributed by atoms with Crippen molar-refractivity contribution in [2.45, 2.75) is 47.1 Å². The first-order chi connectivity index (χ1) is 5.88. The molecule has 0 fully saturated rings. The smallest absolute Gasteiger partial charge is 0.162 e. The molecule has 0 spiro atoms. The molecule has 1 aromatic rings. The van der Waals surface area contributed by atoms with Crippen LogP contribution in [0.3, 0.4) is 0 Å². The predicted octanol–water partition coefficient (Wildman–Crippen LogP) is 1.84. The Balaban J connectivity index is 2.70. The molecule has 0 aliphatic carbocycles. The highest BCUT2D eigenvalue weighted by molar-refractivity contribution is 4.83. The molecular weight excluding hydrogens is 164 g/mol. The summed E-state index contributed by atoms with van der Waals surface area (Å²) in [5.74, 6) is 0.834. The Morgan fingerprint density at radius 3 is 2.31 bits per heavy atom. The normalized spacial score (nSPS) is 12.5. The number of tetrazole rings is 1. The van der Waals surface area contributed by atoms with E-state index in [1.165, 1.54) is 0 Å². The van der Waals surface area contributed by atoms with Crippen LogP contribution in [-0.2, 0) is 6.42 Å². The zero-order chi connectivity index (χ0) is 10.1. The maximum absolute atomic E-state index is 4.29. The molecule has 74 valence electrons. The first-order valence-electron chi connectivity index (χ1n) is 4.67. The van der Waals surface area contributed by atoms with Crippen molar-refractivity contribution in [3.05, 3.63) is 5.82 Å². The lowest BCUT2D eigenvalue weighted by atomic mass is 9.92. The molecule has 0 radical (unpaired) electrons. The Morgan fingerprint density at radius 2 is 1.92 bits per heavy atom. The molecule has 0 aliphatic heterocycles. The summed E-state index contributed by atoms with van der Waals surface area (Å²) in [6.45, 7) is 10.6. The van der Waals surface area contributed by atoms with Crippen LogP contribution in [0.25, 0.3) is 0 Å². The molecule has 0 amide bonds. The van der Waals surface area contributed by atoms with Crippen molar-refractivity contribution in [1.29, 1.82) is 0 Å². The summed E-state index contributed by atoms with van der Waals surface area (Å²) in [5.41, 5.74) is 0.227. The first-order valence-corrected chi connectivity index (χ1v) is 4.67. The lowest BCUT2D eigenvalue weighted by Crippen LogP contribution is -2.11. The van der Waals surface area contributed by atoms with E-state index in [4.69, 9.17) is 0 Å². The SMILES string of the molecule is CC(C)n1nnc(CC(C)(C)C)n1. The van der Waals surface area contributed by atoms with E-state index >= 15 is 0 Å². The molecule has 1 rings (SSSR count). The Morgan fingerprint density at radius 1 is 1.31 bits per heavy atom. The van der Waals surface area contributed by atoms with E-state index in [2.05, 4.69) is 36.2 Å². The van der Waals surface area contributed by atoms with Crippen LogP contribution < -0.4 is 0 Å². The van der Waals surface area contributed by atoms with Gasteiger partial charge in [-0.25, -0.2) is 0 Å². The van der Waals surface area contributed by atoms with E-state index in [1.807, 2.05) is 13.8 Å². The highest BCUT2D eigenvalue weighted by atomic mass is 15.6. The molecule has 0 atom stereocenters. The van der Waals surface area contributed by atoms with Crippen LogP contribution in [0.2, 0.25) is 0 Å². The highest BCUT2D eigenvalue weighted by Crippen LogP contribution is 2.17. The standard InChI is InChI=1S/C9H18N4/c1-7(2)13-11-8(10-12-13)6-9(3,4)5/h7H,6H2,1-5H3. The zero-order valence-electron chi connectivity index (χ0n) is 9.07. The fourth-order valence-electron chi connectivity index (χ4n) is 1.02. The van der Waals surface area contributed by atoms with Crippen molar-refractivity contribution in [1.82, 2.24) is 20.2 Å². The van der Waals surface area contributed by atoms with Crippen molar-refractivity contribution in [3.63, 3.8) is 0 Å². The monoisotopic (exact) mass is 182 g/mol. The van der Waals surface area contributed by atoms with Crippen molar-refractivity contribution in [2.24, 2.45) is 5.41 Å². The number of nitrogens with zero attached hydrogens (tertiary/aromatic N) is 4. The van der Waals surface area contributed by atoms with Gasteiger partial charge in [-0.15, -0.1) is 10.2 Å². The maximum Gasteiger partial charge on any atom is 0.175 e. The third-order valence-corrected chi connectivity index (χ3v) is 1.62. The summed E-state index contributed by atoms with van der Waals surface area (Å²) < 4.78 is 0. The van der Waals surface area contributed by atoms with Crippen LogP contribution in [0, 0.1) is 5.41 Å². The van der Waals surface area contributed by atoms with E-state index < -0.39 is 0 Å². The minimum absolute atomic E-state index is 0.227. The largest absolute Gasteiger partial charge is 0.175 e. The minimum atomic E-state index is 0.227. The molecule has 0 bridgehead atoms. The molecule has 0 saturated heterocycles. The summed E-state index contributed by atoms with van der Waals surface area (Å²) in [6, 6.07) is 0.293. The second-order valence-corrected chi connectivity index (χ2v) is 4.86. The summed E-state index contributed by atoms with van der Waals surface area (Å²) >= 11 is 0. The fourth-order valence-corrected chi connectivity index (χ4v) is 1.02. The molecular formula is C9H18N4. The summed E-state index contributed by atoms with van der Waals surface area (Å²) in [5, 5.41) is 12.3. The molecule has 0 aromatic carbocycles. The van der Waals surface area contributed by atoms with E-state index in [1.54, 1.807) is 4.80 Å². The molecule has 1 aromatic heterocycles. The van der Waals surface area contributed by atoms with Gasteiger partial charge < -0.3 is 0 Å². The predicted molar refractivity (Wildman–Crippen MR) is 51.4 cm³/mol. The quantitative estimate of drug-likeness (QED) is 0.701. The molecule has 0 aliphatic rings. The van der Waals surface area contributed by atoms with Gasteiger partial charge in [-0.05, 0) is 24.5 Å². The van der Waals surface area contributed by atoms with Gasteiger partial charge in [-0.1, -0.05) is 20.8 Å². The molecule has 1 heterocycles. The summed E-state index contributed by atoms with van der Waals surface area (Å²) in [4.78, 5) is 1.65. The van der Waals surface area contributed by atoms with Gasteiger partial charge in [0.2, 0.25) is 0 Å². The van der Waals surface area contributed by atoms with E-state index in [0.717, 1.165) is 12.2 Å². The number of aromatic nitrogens is 4. The van der Waals surface area contributed by atoms with Gasteiger partial charge in [0.15, 0.2) is 5.82 Å². The average Bonchev–Trinajstić information content (AvgIpc) is 2.31. The van der Waals surface area contributed by atoms with Gasteiger partial charge >= 0.3 is 0 Å². The van der Waals surface area contributed by atoms with Crippen LogP contribution in [0.5, 0.6) is 0 Å². The van der Waals surface area contributed by atoms with Crippen LogP contribution in [0.4, 0.5) is 0 Å². The van der Waals surface area contributed by atoms with Crippen molar-refractivity contribution in [3.8, 4) is 0 Å². The number of hydrogen-bond acceptors (Lipinski definition) is 3. The molecule has 4 heteroatoms. The van der Waals surface area contributed by atoms with Crippen LogP contribution in [0.15, 0.2) is 0 Å². The second-order valence-electron chi connectivity index (χ2n) is 4.86. The van der Waals surface area contributed by atoms with Crippen molar-refractivity contribution in [2.75, 3.05) is 0 Å². The maximum atomic E-state index is 4.29. The topological polar surface area (TPSA) is 43.6 Å². The molecule has 0 N–H and O–H groups in total. The van der Waals surface area contributed by atoms with Gasteiger partial charge in [-0.3, -0.25) is 0 Å². The van der Waals surface area contributed by atoms with Crippen molar-refractivity contribution >= 4 is 0 Å². The fraction of sp³-hybridized carbons (Fsp3) is 0.889. The van der Waals surface area contributed by atoms with E-state index in [-0.39, 0.29) is 5.41 Å². The van der Waals surface area contributed by atoms with Gasteiger partial charge in [0.05, 0.1) is 6.04 Å². The Hall–Kier alpha value is -0.930. The van der Waals surface area contributed by atoms with Crippen LogP contribution in [-0.4, -0.2) is 20.2 Å². The van der Waals surface area contributed by atoms with Crippen molar-refractivity contribution < 1.29 is 0 Å². The minimum Gasteiger partial charge on any atom is -0.162 e. The number of rotatable bonds is 2. The Labute approximate surface area is 79.3 Å². The summed E-state index contributed by atoms with van der Waals surface area (Å²) in [7, 11) is 0. The lowest BCUT2D eigenvalue weighted by Gasteiger charge is -2.14. The third-order valence-electron chi connectivity index (χ3n) is 1.62. The molecule has 13 heavy (non-hydrogen) atoms. The Bertz CT molecular complexity index is 269. The van der Waals surface area contributed by atoms with Gasteiger partial charge in [0.1, 0.15) is 0 Å².